The largest absolute Gasteiger partial charge is 0.465 e. The number of carboxylic acid groups (broad SMARTS) is 1. The van der Waals surface area contributed by atoms with Crippen LogP contribution >= 0.6 is 0 Å². The number of carbonyl (C=O) groups excluding carboxylic acids is 1. The number of nitrogens with zero attached hydrogens (tertiary/aromatic N) is 3. The zero-order valence-corrected chi connectivity index (χ0v) is 15.4. The van der Waals surface area contributed by atoms with Crippen LogP contribution in [0, 0.1) is 5.82 Å². The molecule has 3 N–H and O–H groups in total. The molecule has 8 nitrogen and oxygen atoms in total. The molecule has 1 aliphatic rings. The van der Waals surface area contributed by atoms with Crippen molar-refractivity contribution >= 4 is 23.5 Å². The third-order valence-corrected chi connectivity index (χ3v) is 4.60. The Morgan fingerprint density at radius 2 is 2.07 bits per heavy atom. The summed E-state index contributed by atoms with van der Waals surface area (Å²) in [6.45, 7) is 3.59. The van der Waals surface area contributed by atoms with Gasteiger partial charge in [-0.1, -0.05) is 12.1 Å². The first kappa shape index (κ1) is 19.6. The Morgan fingerprint density at radius 1 is 1.25 bits per heavy atom. The normalized spacial score (nSPS) is 17.2. The molecule has 0 aliphatic carbocycles. The van der Waals surface area contributed by atoms with Crippen LogP contribution in [0.15, 0.2) is 42.7 Å². The highest BCUT2D eigenvalue weighted by atomic mass is 19.1. The molecule has 28 heavy (non-hydrogen) atoms. The second-order valence-corrected chi connectivity index (χ2v) is 6.66. The molecule has 2 aromatic rings. The Bertz CT molecular complexity index is 849. The number of aromatic nitrogens is 1. The molecule has 0 bridgehead atoms. The van der Waals surface area contributed by atoms with Crippen molar-refractivity contribution in [2.75, 3.05) is 30.3 Å². The fourth-order valence-corrected chi connectivity index (χ4v) is 3.22. The topological polar surface area (TPSA) is 97.8 Å². The highest BCUT2D eigenvalue weighted by Gasteiger charge is 2.27. The van der Waals surface area contributed by atoms with Gasteiger partial charge in [0.2, 0.25) is 0 Å². The van der Waals surface area contributed by atoms with E-state index in [0.717, 1.165) is 0 Å². The minimum Gasteiger partial charge on any atom is -0.465 e. The van der Waals surface area contributed by atoms with Gasteiger partial charge in [0.1, 0.15) is 0 Å². The van der Waals surface area contributed by atoms with Crippen LogP contribution in [0.4, 0.5) is 25.4 Å². The Labute approximate surface area is 162 Å². The predicted molar refractivity (Wildman–Crippen MR) is 103 cm³/mol. The zero-order chi connectivity index (χ0) is 20.1. The molecular weight excluding hydrogens is 365 g/mol. The second kappa shape index (κ2) is 8.66. The van der Waals surface area contributed by atoms with Crippen molar-refractivity contribution in [3.05, 3.63) is 54.1 Å². The lowest BCUT2D eigenvalue weighted by Gasteiger charge is -2.38. The quantitative estimate of drug-likeness (QED) is 0.749. The lowest BCUT2D eigenvalue weighted by Crippen LogP contribution is -2.53. The zero-order valence-electron chi connectivity index (χ0n) is 15.4. The highest BCUT2D eigenvalue weighted by molar-refractivity contribution is 5.99. The number of benzene rings is 1. The van der Waals surface area contributed by atoms with Crippen LogP contribution < -0.4 is 10.6 Å². The van der Waals surface area contributed by atoms with Gasteiger partial charge < -0.3 is 20.6 Å². The van der Waals surface area contributed by atoms with E-state index >= 15 is 0 Å². The third kappa shape index (κ3) is 4.74. The van der Waals surface area contributed by atoms with Gasteiger partial charge in [0.05, 0.1) is 17.6 Å². The first-order chi connectivity index (χ1) is 13.4. The average molecular weight is 387 g/mol. The maximum Gasteiger partial charge on any atom is 0.407 e. The first-order valence-corrected chi connectivity index (χ1v) is 8.91. The molecule has 1 saturated heterocycles. The second-order valence-electron chi connectivity index (χ2n) is 6.66. The number of amides is 3. The van der Waals surface area contributed by atoms with Crippen molar-refractivity contribution < 1.29 is 19.1 Å². The van der Waals surface area contributed by atoms with E-state index in [1.807, 2.05) is 11.8 Å². The lowest BCUT2D eigenvalue weighted by molar-refractivity contribution is 0.0707. The summed E-state index contributed by atoms with van der Waals surface area (Å²) >= 11 is 0. The van der Waals surface area contributed by atoms with Crippen molar-refractivity contribution in [2.24, 2.45) is 0 Å². The van der Waals surface area contributed by atoms with Crippen LogP contribution in [-0.4, -0.2) is 57.7 Å². The molecule has 1 aliphatic heterocycles. The summed E-state index contributed by atoms with van der Waals surface area (Å²) in [5, 5.41) is 14.3. The Kier molecular flexibility index (Phi) is 6.05. The lowest BCUT2D eigenvalue weighted by atomic mass is 10.1. The van der Waals surface area contributed by atoms with Crippen molar-refractivity contribution in [1.29, 1.82) is 0 Å². The summed E-state index contributed by atoms with van der Waals surface area (Å²) in [5.41, 5.74) is 1.02. The molecule has 2 heterocycles. The van der Waals surface area contributed by atoms with Crippen LogP contribution in [0.1, 0.15) is 12.5 Å². The van der Waals surface area contributed by atoms with E-state index in [1.165, 1.54) is 17.2 Å². The number of rotatable bonds is 4. The molecule has 0 saturated carbocycles. The summed E-state index contributed by atoms with van der Waals surface area (Å²) < 4.78 is 14.8. The van der Waals surface area contributed by atoms with Gasteiger partial charge in [0, 0.05) is 44.0 Å². The molecule has 1 atom stereocenters. The molecule has 1 aromatic heterocycles. The minimum atomic E-state index is -0.941. The van der Waals surface area contributed by atoms with Crippen molar-refractivity contribution in [3.63, 3.8) is 0 Å². The third-order valence-electron chi connectivity index (χ3n) is 4.60. The number of urea groups is 1. The van der Waals surface area contributed by atoms with E-state index in [9.17, 15) is 14.0 Å². The molecule has 1 aromatic carbocycles. The number of hydrogen-bond acceptors (Lipinski definition) is 4. The van der Waals surface area contributed by atoms with Gasteiger partial charge in [-0.25, -0.2) is 14.0 Å². The SMILES string of the molecule is C[C@@H]1CN(Cc2cccc(NC(=O)Nc3cccnc3)c2F)CCN1C(=O)O. The fraction of sp³-hybridized carbons (Fsp3) is 0.316. The van der Waals surface area contributed by atoms with E-state index in [2.05, 4.69) is 15.6 Å². The van der Waals surface area contributed by atoms with Gasteiger partial charge in [-0.2, -0.15) is 0 Å². The van der Waals surface area contributed by atoms with E-state index in [4.69, 9.17) is 5.11 Å². The number of nitrogens with one attached hydrogen (secondary N) is 2. The molecule has 0 unspecified atom stereocenters. The Hall–Kier alpha value is -3.20. The van der Waals surface area contributed by atoms with Crippen LogP contribution in [0.25, 0.3) is 0 Å². The summed E-state index contributed by atoms with van der Waals surface area (Å²) in [7, 11) is 0. The van der Waals surface area contributed by atoms with Gasteiger partial charge >= 0.3 is 12.1 Å². The number of pyridine rings is 1. The van der Waals surface area contributed by atoms with E-state index in [0.29, 0.717) is 37.4 Å². The van der Waals surface area contributed by atoms with Crippen LogP contribution in [0.3, 0.4) is 0 Å². The molecule has 3 rings (SSSR count). The van der Waals surface area contributed by atoms with Crippen LogP contribution in [0.2, 0.25) is 0 Å². The number of hydrogen-bond donors (Lipinski definition) is 3. The van der Waals surface area contributed by atoms with Gasteiger partial charge in [0.25, 0.3) is 0 Å². The van der Waals surface area contributed by atoms with Gasteiger partial charge in [-0.3, -0.25) is 9.88 Å². The van der Waals surface area contributed by atoms with Gasteiger partial charge in [-0.15, -0.1) is 0 Å². The number of piperazine rings is 1. The standard InChI is InChI=1S/C19H22FN5O3/c1-13-11-24(8-9-25(13)19(27)28)12-14-4-2-6-16(17(14)20)23-18(26)22-15-5-3-7-21-10-15/h2-7,10,13H,8-9,11-12H2,1H3,(H,27,28)(H2,22,23,26)/t13-/m1/s1. The van der Waals surface area contributed by atoms with Crippen LogP contribution in [0.5, 0.6) is 0 Å². The summed E-state index contributed by atoms with van der Waals surface area (Å²) in [4.78, 5) is 30.5. The Morgan fingerprint density at radius 3 is 2.75 bits per heavy atom. The number of anilines is 2. The fourth-order valence-electron chi connectivity index (χ4n) is 3.22. The summed E-state index contributed by atoms with van der Waals surface area (Å²) in [6.07, 6.45) is 2.14. The van der Waals surface area contributed by atoms with E-state index in [-0.39, 0.29) is 11.7 Å². The minimum absolute atomic E-state index is 0.0797. The monoisotopic (exact) mass is 387 g/mol. The number of halogens is 1. The highest BCUT2D eigenvalue weighted by Crippen LogP contribution is 2.21. The first-order valence-electron chi connectivity index (χ1n) is 8.91. The maximum atomic E-state index is 14.8. The summed E-state index contributed by atoms with van der Waals surface area (Å²) in [5.74, 6) is -0.503. The predicted octanol–water partition coefficient (Wildman–Crippen LogP) is 3.05. The summed E-state index contributed by atoms with van der Waals surface area (Å²) in [6, 6.07) is 7.46. The molecule has 3 amide bonds. The maximum absolute atomic E-state index is 14.8. The van der Waals surface area contributed by atoms with Gasteiger partial charge in [-0.05, 0) is 25.1 Å². The molecule has 9 heteroatoms. The van der Waals surface area contributed by atoms with Crippen molar-refractivity contribution in [1.82, 2.24) is 14.8 Å². The molecule has 1 fully saturated rings. The van der Waals surface area contributed by atoms with Crippen molar-refractivity contribution in [2.45, 2.75) is 19.5 Å². The smallest absolute Gasteiger partial charge is 0.407 e. The Balaban J connectivity index is 1.63. The molecule has 0 spiro atoms. The van der Waals surface area contributed by atoms with E-state index < -0.39 is 17.9 Å². The number of carbonyl (C=O) groups is 2. The van der Waals surface area contributed by atoms with Crippen LogP contribution in [-0.2, 0) is 6.54 Å². The van der Waals surface area contributed by atoms with E-state index in [1.54, 1.807) is 30.5 Å². The molecule has 0 radical (unpaired) electrons. The molecule has 148 valence electrons. The average Bonchev–Trinajstić information content (AvgIpc) is 2.65. The van der Waals surface area contributed by atoms with Crippen molar-refractivity contribution in [3.8, 4) is 0 Å². The molecular formula is C19H22FN5O3. The van der Waals surface area contributed by atoms with Gasteiger partial charge in [0.15, 0.2) is 5.82 Å².